The van der Waals surface area contributed by atoms with Crippen LogP contribution in [0.2, 0.25) is 0 Å². The lowest BCUT2D eigenvalue weighted by Gasteiger charge is -1.99. The first-order chi connectivity index (χ1) is 8.66. The first-order valence-electron chi connectivity index (χ1n) is 4.98. The number of halogens is 1. The molecule has 1 aromatic heterocycles. The summed E-state index contributed by atoms with van der Waals surface area (Å²) in [4.78, 5) is 11.5. The number of nitrogens with zero attached hydrogens (tertiary/aromatic N) is 2. The van der Waals surface area contributed by atoms with Crippen LogP contribution in [0.3, 0.4) is 0 Å². The molecule has 0 saturated carbocycles. The molecule has 2 aromatic rings. The van der Waals surface area contributed by atoms with Crippen molar-refractivity contribution in [2.24, 2.45) is 5.10 Å². The number of phenolic OH excluding ortho intramolecular Hbond substituents is 1. The van der Waals surface area contributed by atoms with Crippen LogP contribution >= 0.6 is 15.9 Å². The summed E-state index contributed by atoms with van der Waals surface area (Å²) in [7, 11) is 0. The molecule has 3 N–H and O–H groups in total. The van der Waals surface area contributed by atoms with Gasteiger partial charge in [-0.05, 0) is 24.3 Å². The molecule has 0 aliphatic heterocycles. The summed E-state index contributed by atoms with van der Waals surface area (Å²) in [5.41, 5.74) is 3.12. The van der Waals surface area contributed by atoms with E-state index in [0.29, 0.717) is 11.3 Å². The van der Waals surface area contributed by atoms with Crippen LogP contribution in [-0.2, 0) is 0 Å². The minimum atomic E-state index is -0.404. The highest BCUT2D eigenvalue weighted by Crippen LogP contribution is 2.19. The quantitative estimate of drug-likeness (QED) is 0.595. The molecule has 0 bridgehead atoms. The number of phenols is 1. The number of benzene rings is 1. The largest absolute Gasteiger partial charge is 0.507 e. The number of rotatable bonds is 3. The summed E-state index contributed by atoms with van der Waals surface area (Å²) in [5, 5.41) is 19.5. The van der Waals surface area contributed by atoms with Gasteiger partial charge in [0.1, 0.15) is 11.4 Å². The summed E-state index contributed by atoms with van der Waals surface area (Å²) in [6.45, 7) is 0. The Morgan fingerprint density at radius 3 is 3.06 bits per heavy atom. The van der Waals surface area contributed by atoms with Gasteiger partial charge in [-0.3, -0.25) is 9.89 Å². The van der Waals surface area contributed by atoms with Crippen LogP contribution in [0, 0.1) is 0 Å². The topological polar surface area (TPSA) is 90.4 Å². The lowest BCUT2D eigenvalue weighted by molar-refractivity contribution is 0.0950. The highest BCUT2D eigenvalue weighted by molar-refractivity contribution is 9.10. The molecule has 0 fully saturated rings. The first kappa shape index (κ1) is 12.3. The van der Waals surface area contributed by atoms with E-state index in [1.807, 2.05) is 0 Å². The van der Waals surface area contributed by atoms with E-state index in [1.54, 1.807) is 12.1 Å². The fourth-order valence-electron chi connectivity index (χ4n) is 1.23. The fraction of sp³-hybridized carbons (Fsp3) is 0. The maximum absolute atomic E-state index is 11.5. The number of carbonyl (C=O) groups is 1. The van der Waals surface area contributed by atoms with Crippen molar-refractivity contribution in [3.05, 3.63) is 46.2 Å². The van der Waals surface area contributed by atoms with Crippen LogP contribution in [0.1, 0.15) is 16.1 Å². The van der Waals surface area contributed by atoms with Gasteiger partial charge in [-0.15, -0.1) is 0 Å². The van der Waals surface area contributed by atoms with Crippen molar-refractivity contribution in [2.75, 3.05) is 0 Å². The monoisotopic (exact) mass is 308 g/mol. The van der Waals surface area contributed by atoms with Crippen molar-refractivity contribution in [3.63, 3.8) is 0 Å². The average molecular weight is 309 g/mol. The molecule has 0 radical (unpaired) electrons. The Morgan fingerprint density at radius 2 is 2.33 bits per heavy atom. The van der Waals surface area contributed by atoms with Gasteiger partial charge in [0.15, 0.2) is 0 Å². The number of carbonyl (C=O) groups excluding carboxylic acids is 1. The molecule has 0 atom stereocenters. The van der Waals surface area contributed by atoms with Crippen LogP contribution in [0.25, 0.3) is 0 Å². The van der Waals surface area contributed by atoms with Crippen molar-refractivity contribution >= 4 is 28.1 Å². The van der Waals surface area contributed by atoms with E-state index in [4.69, 9.17) is 0 Å². The second-order valence-corrected chi connectivity index (χ2v) is 4.29. The number of aromatic nitrogens is 2. The minimum Gasteiger partial charge on any atom is -0.507 e. The Kier molecular flexibility index (Phi) is 3.73. The van der Waals surface area contributed by atoms with E-state index >= 15 is 0 Å². The van der Waals surface area contributed by atoms with Crippen molar-refractivity contribution in [1.29, 1.82) is 0 Å². The third kappa shape index (κ3) is 2.95. The van der Waals surface area contributed by atoms with Crippen molar-refractivity contribution < 1.29 is 9.90 Å². The number of aromatic hydroxyl groups is 1. The van der Waals surface area contributed by atoms with Crippen LogP contribution in [-0.4, -0.2) is 27.4 Å². The van der Waals surface area contributed by atoms with Gasteiger partial charge in [-0.1, -0.05) is 15.9 Å². The van der Waals surface area contributed by atoms with E-state index in [2.05, 4.69) is 36.7 Å². The lowest BCUT2D eigenvalue weighted by atomic mass is 10.2. The van der Waals surface area contributed by atoms with Crippen molar-refractivity contribution in [3.8, 4) is 5.75 Å². The molecule has 1 heterocycles. The van der Waals surface area contributed by atoms with E-state index in [0.717, 1.165) is 4.47 Å². The molecule has 7 heteroatoms. The van der Waals surface area contributed by atoms with Crippen LogP contribution in [0.15, 0.2) is 40.0 Å². The number of H-pyrrole nitrogens is 1. The first-order valence-corrected chi connectivity index (χ1v) is 5.77. The molecule has 1 aromatic carbocycles. The third-order valence-corrected chi connectivity index (χ3v) is 2.60. The second kappa shape index (κ2) is 5.46. The molecule has 0 spiro atoms. The molecule has 0 aliphatic carbocycles. The number of hydrazone groups is 1. The van der Waals surface area contributed by atoms with Gasteiger partial charge >= 0.3 is 0 Å². The molecule has 2 rings (SSSR count). The highest BCUT2D eigenvalue weighted by atomic mass is 79.9. The molecular weight excluding hydrogens is 300 g/mol. The minimum absolute atomic E-state index is 0.0812. The van der Waals surface area contributed by atoms with E-state index in [-0.39, 0.29) is 5.75 Å². The molecule has 0 aliphatic rings. The maximum atomic E-state index is 11.5. The number of hydrogen-bond donors (Lipinski definition) is 3. The standard InChI is InChI=1S/C11H9BrN4O2/c12-8-1-2-10(17)7(5-8)6-14-16-11(18)9-3-4-13-15-9/h1-6,17H,(H,13,15)(H,16,18)/b14-6-. The number of aromatic amines is 1. The molecule has 6 nitrogen and oxygen atoms in total. The van der Waals surface area contributed by atoms with Crippen LogP contribution < -0.4 is 5.43 Å². The summed E-state index contributed by atoms with van der Waals surface area (Å²) in [5.74, 6) is -0.323. The Bertz CT molecular complexity index is 581. The van der Waals surface area contributed by atoms with Gasteiger partial charge in [0, 0.05) is 16.2 Å². The second-order valence-electron chi connectivity index (χ2n) is 3.37. The van der Waals surface area contributed by atoms with E-state index in [9.17, 15) is 9.90 Å². The molecule has 1 amide bonds. The van der Waals surface area contributed by atoms with Gasteiger partial charge in [-0.25, -0.2) is 5.43 Å². The van der Waals surface area contributed by atoms with Gasteiger partial charge in [-0.2, -0.15) is 10.2 Å². The summed E-state index contributed by atoms with van der Waals surface area (Å²) in [6.07, 6.45) is 2.83. The SMILES string of the molecule is O=C(N/N=C\c1cc(Br)ccc1O)c1ccn[nH]1. The zero-order valence-electron chi connectivity index (χ0n) is 9.09. The molecule has 0 unspecified atom stereocenters. The highest BCUT2D eigenvalue weighted by Gasteiger charge is 2.04. The molecule has 0 saturated heterocycles. The van der Waals surface area contributed by atoms with Gasteiger partial charge < -0.3 is 5.11 Å². The predicted octanol–water partition coefficient (Wildman–Crippen LogP) is 1.64. The van der Waals surface area contributed by atoms with E-state index < -0.39 is 5.91 Å². The van der Waals surface area contributed by atoms with E-state index in [1.165, 1.54) is 24.5 Å². The average Bonchev–Trinajstić information content (AvgIpc) is 2.87. The predicted molar refractivity (Wildman–Crippen MR) is 69.5 cm³/mol. The Balaban J connectivity index is 2.03. The van der Waals surface area contributed by atoms with Crippen molar-refractivity contribution in [2.45, 2.75) is 0 Å². The maximum Gasteiger partial charge on any atom is 0.289 e. The zero-order valence-corrected chi connectivity index (χ0v) is 10.7. The zero-order chi connectivity index (χ0) is 13.0. The number of nitrogens with one attached hydrogen (secondary N) is 2. The van der Waals surface area contributed by atoms with Gasteiger partial charge in [0.05, 0.1) is 6.21 Å². The van der Waals surface area contributed by atoms with Crippen LogP contribution in [0.4, 0.5) is 0 Å². The smallest absolute Gasteiger partial charge is 0.289 e. The Morgan fingerprint density at radius 1 is 1.50 bits per heavy atom. The van der Waals surface area contributed by atoms with Gasteiger partial charge in [0.2, 0.25) is 0 Å². The van der Waals surface area contributed by atoms with Gasteiger partial charge in [0.25, 0.3) is 5.91 Å². The molecule has 92 valence electrons. The summed E-state index contributed by atoms with van der Waals surface area (Å²) in [6, 6.07) is 6.45. The number of hydrogen-bond acceptors (Lipinski definition) is 4. The number of amides is 1. The Hall–Kier alpha value is -2.15. The van der Waals surface area contributed by atoms with Crippen LogP contribution in [0.5, 0.6) is 5.75 Å². The Labute approximate surface area is 111 Å². The normalized spacial score (nSPS) is 10.7. The third-order valence-electron chi connectivity index (χ3n) is 2.10. The summed E-state index contributed by atoms with van der Waals surface area (Å²) >= 11 is 3.28. The molecule has 18 heavy (non-hydrogen) atoms. The fourth-order valence-corrected chi connectivity index (χ4v) is 1.61. The summed E-state index contributed by atoms with van der Waals surface area (Å²) < 4.78 is 0.807. The lowest BCUT2D eigenvalue weighted by Crippen LogP contribution is -2.17. The van der Waals surface area contributed by atoms with Crippen molar-refractivity contribution in [1.82, 2.24) is 15.6 Å². The molecular formula is C11H9BrN4O2.